The van der Waals surface area contributed by atoms with Crippen molar-refractivity contribution in [1.82, 2.24) is 19.9 Å². The number of nitrogens with one attached hydrogen (secondary N) is 2. The van der Waals surface area contributed by atoms with Gasteiger partial charge in [-0.3, -0.25) is 4.79 Å². The topological polar surface area (TPSA) is 105 Å². The predicted molar refractivity (Wildman–Crippen MR) is 134 cm³/mol. The molecular formula is C25H21ClFN5O3S. The molecule has 0 spiro atoms. The Morgan fingerprint density at radius 2 is 1.89 bits per heavy atom. The van der Waals surface area contributed by atoms with Crippen molar-refractivity contribution in [3.63, 3.8) is 0 Å². The molecule has 2 aliphatic rings. The third-order valence-electron chi connectivity index (χ3n) is 6.78. The second kappa shape index (κ2) is 8.56. The van der Waals surface area contributed by atoms with Gasteiger partial charge in [-0.2, -0.15) is 5.10 Å². The average molecular weight is 526 g/mol. The Kier molecular flexibility index (Phi) is 5.45. The van der Waals surface area contributed by atoms with Crippen molar-refractivity contribution in [1.29, 1.82) is 0 Å². The van der Waals surface area contributed by atoms with Gasteiger partial charge in [0.25, 0.3) is 5.91 Å². The van der Waals surface area contributed by atoms with Crippen LogP contribution in [-0.2, 0) is 9.84 Å². The van der Waals surface area contributed by atoms with E-state index in [9.17, 15) is 17.6 Å². The Morgan fingerprint density at radius 1 is 1.08 bits per heavy atom. The van der Waals surface area contributed by atoms with Crippen molar-refractivity contribution in [3.05, 3.63) is 82.5 Å². The largest absolute Gasteiger partial charge is 0.382 e. The van der Waals surface area contributed by atoms with Crippen molar-refractivity contribution in [2.45, 2.75) is 24.9 Å². The zero-order chi connectivity index (χ0) is 25.0. The lowest BCUT2D eigenvalue weighted by Gasteiger charge is -2.27. The maximum Gasteiger partial charge on any atom is 0.252 e. The van der Waals surface area contributed by atoms with Crippen molar-refractivity contribution in [2.24, 2.45) is 0 Å². The zero-order valence-electron chi connectivity index (χ0n) is 18.9. The van der Waals surface area contributed by atoms with Crippen LogP contribution in [0.1, 0.15) is 40.4 Å². The van der Waals surface area contributed by atoms with Gasteiger partial charge in [-0.15, -0.1) is 0 Å². The van der Waals surface area contributed by atoms with E-state index in [1.54, 1.807) is 10.6 Å². The Balaban J connectivity index is 1.48. The maximum atomic E-state index is 14.1. The molecule has 0 saturated carbocycles. The van der Waals surface area contributed by atoms with Gasteiger partial charge in [0.15, 0.2) is 5.65 Å². The summed E-state index contributed by atoms with van der Waals surface area (Å²) in [6.07, 6.45) is 4.21. The Bertz CT molecular complexity index is 1620. The van der Waals surface area contributed by atoms with E-state index < -0.39 is 21.7 Å². The van der Waals surface area contributed by atoms with Crippen LogP contribution in [0.15, 0.2) is 55.0 Å². The summed E-state index contributed by atoms with van der Waals surface area (Å²) in [5.41, 5.74) is 4.53. The number of halogens is 2. The van der Waals surface area contributed by atoms with Crippen LogP contribution < -0.4 is 10.6 Å². The minimum absolute atomic E-state index is 0.0926. The summed E-state index contributed by atoms with van der Waals surface area (Å²) in [7, 11) is -3.04. The monoisotopic (exact) mass is 525 g/mol. The molecule has 4 aromatic rings. The summed E-state index contributed by atoms with van der Waals surface area (Å²) in [6.45, 7) is 0. The molecule has 1 saturated heterocycles. The number of carbonyl (C=O) groups is 1. The molecule has 8 nitrogen and oxygen atoms in total. The molecule has 1 atom stereocenters. The van der Waals surface area contributed by atoms with E-state index >= 15 is 0 Å². The molecule has 0 radical (unpaired) electrons. The molecular weight excluding hydrogens is 505 g/mol. The fourth-order valence-corrected chi connectivity index (χ4v) is 6.65. The van der Waals surface area contributed by atoms with Gasteiger partial charge in [0.1, 0.15) is 22.0 Å². The molecule has 1 amide bonds. The smallest absolute Gasteiger partial charge is 0.252 e. The summed E-state index contributed by atoms with van der Waals surface area (Å²) >= 11 is 6.42. The Labute approximate surface area is 211 Å². The number of hydrogen-bond acceptors (Lipinski definition) is 6. The quantitative estimate of drug-likeness (QED) is 0.417. The van der Waals surface area contributed by atoms with E-state index in [0.717, 1.165) is 11.1 Å². The maximum absolute atomic E-state index is 14.1. The van der Waals surface area contributed by atoms with Crippen molar-refractivity contribution >= 4 is 38.7 Å². The highest BCUT2D eigenvalue weighted by molar-refractivity contribution is 7.91. The van der Waals surface area contributed by atoms with E-state index in [-0.39, 0.29) is 23.5 Å². The summed E-state index contributed by atoms with van der Waals surface area (Å²) in [5, 5.41) is 11.0. The van der Waals surface area contributed by atoms with Crippen LogP contribution in [0.3, 0.4) is 0 Å². The number of carbonyl (C=O) groups excluding carboxylic acids is 1. The van der Waals surface area contributed by atoms with Crippen LogP contribution in [0, 0.1) is 5.82 Å². The molecule has 11 heteroatoms. The summed E-state index contributed by atoms with van der Waals surface area (Å²) < 4.78 is 39.7. The number of amides is 1. The van der Waals surface area contributed by atoms with E-state index in [2.05, 4.69) is 20.7 Å². The van der Waals surface area contributed by atoms with Crippen LogP contribution in [0.4, 0.5) is 10.1 Å². The fraction of sp³-hybridized carbons (Fsp3) is 0.240. The normalized spacial score (nSPS) is 19.3. The van der Waals surface area contributed by atoms with Crippen LogP contribution >= 0.6 is 11.6 Å². The first-order valence-electron chi connectivity index (χ1n) is 11.5. The molecule has 1 fully saturated rings. The third-order valence-corrected chi connectivity index (χ3v) is 8.84. The highest BCUT2D eigenvalue weighted by atomic mass is 35.5. The standard InChI is InChI=1S/C25H21ClFN5O3S/c26-20-3-2-16(27)11-18(20)24-23-19(25(33)31-24)9-15(14-1-4-22-28-13-29-32(22)12-14)10-21(23)30-17-5-7-36(34,35)8-6-17/h1-4,9-13,17,24,30H,5-8H2,(H,31,33). The minimum Gasteiger partial charge on any atom is -0.382 e. The minimum atomic E-state index is -3.04. The van der Waals surface area contributed by atoms with Gasteiger partial charge >= 0.3 is 0 Å². The van der Waals surface area contributed by atoms with Crippen LogP contribution in [0.5, 0.6) is 0 Å². The van der Waals surface area contributed by atoms with Crippen LogP contribution in [-0.4, -0.2) is 46.5 Å². The molecule has 1 unspecified atom stereocenters. The lowest BCUT2D eigenvalue weighted by Crippen LogP contribution is -2.32. The Morgan fingerprint density at radius 3 is 2.69 bits per heavy atom. The van der Waals surface area contributed by atoms with E-state index in [1.165, 1.54) is 24.5 Å². The van der Waals surface area contributed by atoms with Gasteiger partial charge in [-0.1, -0.05) is 11.6 Å². The Hall–Kier alpha value is -3.50. The number of sulfone groups is 1. The molecule has 2 aromatic carbocycles. The van der Waals surface area contributed by atoms with Crippen molar-refractivity contribution in [3.8, 4) is 11.1 Å². The van der Waals surface area contributed by atoms with Crippen molar-refractivity contribution in [2.75, 3.05) is 16.8 Å². The SMILES string of the molecule is O=C1NC(c2cc(F)ccc2Cl)c2c(NC3CCS(=O)(=O)CC3)cc(-c3ccc4ncnn4c3)cc21. The molecule has 2 aliphatic heterocycles. The zero-order valence-corrected chi connectivity index (χ0v) is 20.5. The number of pyridine rings is 1. The van der Waals surface area contributed by atoms with Gasteiger partial charge in [0.2, 0.25) is 0 Å². The van der Waals surface area contributed by atoms with Gasteiger partial charge in [-0.25, -0.2) is 22.3 Å². The molecule has 0 bridgehead atoms. The second-order valence-electron chi connectivity index (χ2n) is 9.11. The fourth-order valence-electron chi connectivity index (χ4n) is 4.93. The molecule has 2 N–H and O–H groups in total. The molecule has 36 heavy (non-hydrogen) atoms. The summed E-state index contributed by atoms with van der Waals surface area (Å²) in [4.78, 5) is 17.3. The van der Waals surface area contributed by atoms with Crippen LogP contribution in [0.2, 0.25) is 5.02 Å². The lowest BCUT2D eigenvalue weighted by atomic mass is 9.92. The highest BCUT2D eigenvalue weighted by Crippen LogP contribution is 2.42. The lowest BCUT2D eigenvalue weighted by molar-refractivity contribution is 0.0960. The molecule has 4 heterocycles. The average Bonchev–Trinajstić information content (AvgIpc) is 3.46. The van der Waals surface area contributed by atoms with E-state index in [0.29, 0.717) is 45.9 Å². The number of nitrogens with zero attached hydrogens (tertiary/aromatic N) is 3. The van der Waals surface area contributed by atoms with Gasteiger partial charge < -0.3 is 10.6 Å². The number of rotatable bonds is 4. The first kappa shape index (κ1) is 22.9. The number of aromatic nitrogens is 3. The summed E-state index contributed by atoms with van der Waals surface area (Å²) in [5.74, 6) is -0.548. The molecule has 2 aromatic heterocycles. The van der Waals surface area contributed by atoms with Crippen molar-refractivity contribution < 1.29 is 17.6 Å². The first-order chi connectivity index (χ1) is 17.3. The van der Waals surface area contributed by atoms with Gasteiger partial charge in [0.05, 0.1) is 17.5 Å². The predicted octanol–water partition coefficient (Wildman–Crippen LogP) is 4.01. The van der Waals surface area contributed by atoms with Gasteiger partial charge in [-0.05, 0) is 60.9 Å². The molecule has 6 rings (SSSR count). The van der Waals surface area contributed by atoms with E-state index in [4.69, 9.17) is 11.6 Å². The van der Waals surface area contributed by atoms with E-state index in [1.807, 2.05) is 24.4 Å². The second-order valence-corrected chi connectivity index (χ2v) is 11.8. The van der Waals surface area contributed by atoms with Gasteiger partial charge in [0, 0.05) is 45.2 Å². The first-order valence-corrected chi connectivity index (χ1v) is 13.7. The number of hydrogen-bond donors (Lipinski definition) is 2. The number of anilines is 1. The van der Waals surface area contributed by atoms with Crippen LogP contribution in [0.25, 0.3) is 16.8 Å². The number of benzene rings is 2. The molecule has 184 valence electrons. The summed E-state index contributed by atoms with van der Waals surface area (Å²) in [6, 6.07) is 10.8. The highest BCUT2D eigenvalue weighted by Gasteiger charge is 2.35. The molecule has 0 aliphatic carbocycles. The number of fused-ring (bicyclic) bond motifs is 2. The third kappa shape index (κ3) is 4.10.